The van der Waals surface area contributed by atoms with Gasteiger partial charge in [-0.25, -0.2) is 0 Å². The van der Waals surface area contributed by atoms with Gasteiger partial charge in [0.2, 0.25) is 0 Å². The zero-order valence-electron chi connectivity index (χ0n) is 9.46. The van der Waals surface area contributed by atoms with Crippen molar-refractivity contribution in [2.45, 2.75) is 38.8 Å². The van der Waals surface area contributed by atoms with Crippen LogP contribution in [0.1, 0.15) is 35.6 Å². The summed E-state index contributed by atoms with van der Waals surface area (Å²) in [5.41, 5.74) is 3.55. The van der Waals surface area contributed by atoms with Crippen molar-refractivity contribution in [1.29, 1.82) is 0 Å². The molecule has 15 heavy (non-hydrogen) atoms. The van der Waals surface area contributed by atoms with E-state index in [0.29, 0.717) is 12.6 Å². The van der Waals surface area contributed by atoms with Crippen LogP contribution in [-0.4, -0.2) is 17.7 Å². The van der Waals surface area contributed by atoms with Crippen LogP contribution in [0, 0.1) is 13.8 Å². The molecule has 1 fully saturated rings. The number of benzene rings is 1. The largest absolute Gasteiger partial charge is 0.387 e. The third-order valence-electron chi connectivity index (χ3n) is 3.09. The van der Waals surface area contributed by atoms with E-state index in [9.17, 15) is 5.11 Å². The van der Waals surface area contributed by atoms with E-state index in [0.717, 1.165) is 5.56 Å². The number of aliphatic hydroxyl groups excluding tert-OH is 1. The average Bonchev–Trinajstić information content (AvgIpc) is 3.02. The molecule has 82 valence electrons. The van der Waals surface area contributed by atoms with Gasteiger partial charge >= 0.3 is 0 Å². The number of nitrogens with one attached hydrogen (secondary N) is 1. The Bertz CT molecular complexity index is 344. The smallest absolute Gasteiger partial charge is 0.0914 e. The SMILES string of the molecule is Cc1ccc([C@@H](O)CNC2CC2)cc1C. The van der Waals surface area contributed by atoms with E-state index < -0.39 is 0 Å². The summed E-state index contributed by atoms with van der Waals surface area (Å²) in [4.78, 5) is 0. The van der Waals surface area contributed by atoms with E-state index in [1.54, 1.807) is 0 Å². The van der Waals surface area contributed by atoms with E-state index >= 15 is 0 Å². The highest BCUT2D eigenvalue weighted by atomic mass is 16.3. The summed E-state index contributed by atoms with van der Waals surface area (Å²) in [6.07, 6.45) is 2.16. The summed E-state index contributed by atoms with van der Waals surface area (Å²) in [5, 5.41) is 13.3. The van der Waals surface area contributed by atoms with Crippen molar-refractivity contribution < 1.29 is 5.11 Å². The monoisotopic (exact) mass is 205 g/mol. The molecule has 0 radical (unpaired) electrons. The van der Waals surface area contributed by atoms with Crippen molar-refractivity contribution in [2.75, 3.05) is 6.54 Å². The maximum absolute atomic E-state index is 9.95. The number of rotatable bonds is 4. The van der Waals surface area contributed by atoms with E-state index in [1.807, 2.05) is 6.07 Å². The molecule has 0 aromatic heterocycles. The third-order valence-corrected chi connectivity index (χ3v) is 3.09. The lowest BCUT2D eigenvalue weighted by molar-refractivity contribution is 0.174. The van der Waals surface area contributed by atoms with E-state index in [2.05, 4.69) is 31.3 Å². The molecule has 1 saturated carbocycles. The Morgan fingerprint density at radius 3 is 2.67 bits per heavy atom. The highest BCUT2D eigenvalue weighted by Crippen LogP contribution is 2.21. The topological polar surface area (TPSA) is 32.3 Å². The molecule has 1 atom stereocenters. The van der Waals surface area contributed by atoms with Gasteiger partial charge in [-0.3, -0.25) is 0 Å². The van der Waals surface area contributed by atoms with Crippen LogP contribution in [0.2, 0.25) is 0 Å². The summed E-state index contributed by atoms with van der Waals surface area (Å²) >= 11 is 0. The van der Waals surface area contributed by atoms with Crippen LogP contribution in [-0.2, 0) is 0 Å². The Balaban J connectivity index is 1.97. The molecule has 0 amide bonds. The second-order valence-corrected chi connectivity index (χ2v) is 4.54. The van der Waals surface area contributed by atoms with Gasteiger partial charge in [-0.1, -0.05) is 18.2 Å². The summed E-state index contributed by atoms with van der Waals surface area (Å²) in [6, 6.07) is 6.83. The van der Waals surface area contributed by atoms with Crippen LogP contribution < -0.4 is 5.32 Å². The van der Waals surface area contributed by atoms with E-state index in [4.69, 9.17) is 0 Å². The summed E-state index contributed by atoms with van der Waals surface area (Å²) in [5.74, 6) is 0. The van der Waals surface area contributed by atoms with Crippen molar-refractivity contribution >= 4 is 0 Å². The summed E-state index contributed by atoms with van der Waals surface area (Å²) in [6.45, 7) is 4.85. The molecule has 2 nitrogen and oxygen atoms in total. The van der Waals surface area contributed by atoms with Crippen molar-refractivity contribution in [1.82, 2.24) is 5.32 Å². The first-order valence-electron chi connectivity index (χ1n) is 5.65. The minimum atomic E-state index is -0.370. The lowest BCUT2D eigenvalue weighted by Gasteiger charge is -2.13. The molecule has 2 N–H and O–H groups in total. The van der Waals surface area contributed by atoms with Gasteiger partial charge < -0.3 is 10.4 Å². The van der Waals surface area contributed by atoms with Crippen LogP contribution in [0.5, 0.6) is 0 Å². The molecular weight excluding hydrogens is 186 g/mol. The molecule has 0 aliphatic heterocycles. The Morgan fingerprint density at radius 1 is 1.33 bits per heavy atom. The fraction of sp³-hybridized carbons (Fsp3) is 0.538. The van der Waals surface area contributed by atoms with Gasteiger partial charge in [0.25, 0.3) is 0 Å². The molecule has 1 aliphatic carbocycles. The predicted molar refractivity (Wildman–Crippen MR) is 61.9 cm³/mol. The molecule has 0 unspecified atom stereocenters. The highest BCUT2D eigenvalue weighted by molar-refractivity contribution is 5.31. The van der Waals surface area contributed by atoms with Gasteiger partial charge in [-0.05, 0) is 43.4 Å². The second-order valence-electron chi connectivity index (χ2n) is 4.54. The molecule has 2 heteroatoms. The van der Waals surface area contributed by atoms with Crippen molar-refractivity contribution in [3.05, 3.63) is 34.9 Å². The van der Waals surface area contributed by atoms with Crippen LogP contribution in [0.25, 0.3) is 0 Å². The Labute approximate surface area is 91.3 Å². The standard InChI is InChI=1S/C13H19NO/c1-9-3-4-11(7-10(9)2)13(15)8-14-12-5-6-12/h3-4,7,12-15H,5-6,8H2,1-2H3/t13-/m0/s1. The number of aryl methyl sites for hydroxylation is 2. The maximum atomic E-state index is 9.95. The quantitative estimate of drug-likeness (QED) is 0.789. The summed E-state index contributed by atoms with van der Waals surface area (Å²) in [7, 11) is 0. The molecule has 0 spiro atoms. The van der Waals surface area contributed by atoms with Crippen LogP contribution in [0.4, 0.5) is 0 Å². The second kappa shape index (κ2) is 4.33. The Kier molecular flexibility index (Phi) is 3.08. The van der Waals surface area contributed by atoms with Crippen molar-refractivity contribution in [3.63, 3.8) is 0 Å². The fourth-order valence-electron chi connectivity index (χ4n) is 1.66. The summed E-state index contributed by atoms with van der Waals surface area (Å²) < 4.78 is 0. The van der Waals surface area contributed by atoms with Gasteiger partial charge in [-0.15, -0.1) is 0 Å². The zero-order valence-corrected chi connectivity index (χ0v) is 9.46. The van der Waals surface area contributed by atoms with Gasteiger partial charge in [0.15, 0.2) is 0 Å². The lowest BCUT2D eigenvalue weighted by Crippen LogP contribution is -2.23. The van der Waals surface area contributed by atoms with E-state index in [1.165, 1.54) is 24.0 Å². The third kappa shape index (κ3) is 2.80. The first-order chi connectivity index (χ1) is 7.16. The van der Waals surface area contributed by atoms with Gasteiger partial charge in [0, 0.05) is 12.6 Å². The predicted octanol–water partition coefficient (Wildman–Crippen LogP) is 2.09. The maximum Gasteiger partial charge on any atom is 0.0914 e. The molecule has 0 saturated heterocycles. The molecular formula is C13H19NO. The molecule has 1 aromatic rings. The number of hydrogen-bond acceptors (Lipinski definition) is 2. The van der Waals surface area contributed by atoms with Gasteiger partial charge in [-0.2, -0.15) is 0 Å². The number of aliphatic hydroxyl groups is 1. The highest BCUT2D eigenvalue weighted by Gasteiger charge is 2.21. The average molecular weight is 205 g/mol. The van der Waals surface area contributed by atoms with Crippen LogP contribution in [0.15, 0.2) is 18.2 Å². The number of hydrogen-bond donors (Lipinski definition) is 2. The minimum absolute atomic E-state index is 0.370. The normalized spacial score (nSPS) is 17.8. The first-order valence-corrected chi connectivity index (χ1v) is 5.65. The zero-order chi connectivity index (χ0) is 10.8. The van der Waals surface area contributed by atoms with Crippen molar-refractivity contribution in [3.8, 4) is 0 Å². The molecule has 1 aliphatic rings. The van der Waals surface area contributed by atoms with Gasteiger partial charge in [0.05, 0.1) is 6.10 Å². The minimum Gasteiger partial charge on any atom is -0.387 e. The van der Waals surface area contributed by atoms with Crippen molar-refractivity contribution in [2.24, 2.45) is 0 Å². The fourth-order valence-corrected chi connectivity index (χ4v) is 1.66. The molecule has 1 aromatic carbocycles. The van der Waals surface area contributed by atoms with Gasteiger partial charge in [0.1, 0.15) is 0 Å². The Morgan fingerprint density at radius 2 is 2.07 bits per heavy atom. The van der Waals surface area contributed by atoms with Crippen LogP contribution in [0.3, 0.4) is 0 Å². The molecule has 0 heterocycles. The molecule has 2 rings (SSSR count). The first kappa shape index (κ1) is 10.7. The van der Waals surface area contributed by atoms with Crippen LogP contribution >= 0.6 is 0 Å². The Hall–Kier alpha value is -0.860. The lowest BCUT2D eigenvalue weighted by atomic mass is 10.0. The molecule has 0 bridgehead atoms. The van der Waals surface area contributed by atoms with E-state index in [-0.39, 0.29) is 6.10 Å².